The Morgan fingerprint density at radius 2 is 2.00 bits per heavy atom. The van der Waals surface area contributed by atoms with Crippen LogP contribution in [0.15, 0.2) is 12.2 Å². The first-order chi connectivity index (χ1) is 9.54. The number of hydrogen-bond acceptors (Lipinski definition) is 3. The Kier molecular flexibility index (Phi) is 3.41. The van der Waals surface area contributed by atoms with Gasteiger partial charge >= 0.3 is 12.0 Å². The van der Waals surface area contributed by atoms with Crippen molar-refractivity contribution in [2.75, 3.05) is 13.1 Å². The number of carboxylic acid groups (broad SMARTS) is 1. The molecule has 1 aliphatic heterocycles. The van der Waals surface area contributed by atoms with Crippen molar-refractivity contribution in [2.45, 2.75) is 31.4 Å². The summed E-state index contributed by atoms with van der Waals surface area (Å²) in [6.45, 7) is 1.31. The van der Waals surface area contributed by atoms with Crippen molar-refractivity contribution in [3.8, 4) is 0 Å². The lowest BCUT2D eigenvalue weighted by molar-refractivity contribution is -0.140. The molecule has 0 bridgehead atoms. The minimum Gasteiger partial charge on any atom is -0.481 e. The van der Waals surface area contributed by atoms with Gasteiger partial charge in [0.25, 0.3) is 0 Å². The van der Waals surface area contributed by atoms with Crippen molar-refractivity contribution >= 4 is 12.0 Å². The average molecular weight is 280 g/mol. The Morgan fingerprint density at radius 3 is 2.65 bits per heavy atom. The predicted molar refractivity (Wildman–Crippen MR) is 71.0 cm³/mol. The molecule has 6 nitrogen and oxygen atoms in total. The second-order valence-electron chi connectivity index (χ2n) is 6.09. The third-order valence-electron chi connectivity index (χ3n) is 4.82. The van der Waals surface area contributed by atoms with Gasteiger partial charge in [-0.05, 0) is 25.2 Å². The van der Waals surface area contributed by atoms with Crippen molar-refractivity contribution in [3.05, 3.63) is 12.2 Å². The number of nitrogens with zero attached hydrogens (tertiary/aromatic N) is 1. The van der Waals surface area contributed by atoms with E-state index in [-0.39, 0.29) is 24.1 Å². The van der Waals surface area contributed by atoms with Crippen LogP contribution in [0.3, 0.4) is 0 Å². The Bertz CT molecular complexity index is 450. The number of likely N-dealkylation sites (tertiary alicyclic amines) is 1. The number of fused-ring (bicyclic) bond motifs is 1. The van der Waals surface area contributed by atoms with Crippen LogP contribution in [-0.2, 0) is 4.79 Å². The lowest BCUT2D eigenvalue weighted by Crippen LogP contribution is -2.43. The molecule has 0 radical (unpaired) electrons. The predicted octanol–water partition coefficient (Wildman–Crippen LogP) is 0.428. The lowest BCUT2D eigenvalue weighted by atomic mass is 10.00. The molecule has 0 aromatic rings. The number of aliphatic hydroxyl groups excluding tert-OH is 1. The number of amides is 2. The Hall–Kier alpha value is -1.56. The number of carbonyl (C=O) groups excluding carboxylic acids is 1. The molecule has 110 valence electrons. The van der Waals surface area contributed by atoms with Crippen molar-refractivity contribution in [2.24, 2.45) is 17.8 Å². The Labute approximate surface area is 117 Å². The number of aliphatic carboxylic acids is 1. The zero-order chi connectivity index (χ0) is 14.3. The van der Waals surface area contributed by atoms with Crippen LogP contribution < -0.4 is 5.32 Å². The summed E-state index contributed by atoms with van der Waals surface area (Å²) in [4.78, 5) is 24.8. The van der Waals surface area contributed by atoms with E-state index < -0.39 is 11.9 Å². The number of carboxylic acids is 1. The minimum absolute atomic E-state index is 0.146. The Balaban J connectivity index is 1.52. The molecule has 3 aliphatic rings. The molecule has 20 heavy (non-hydrogen) atoms. The highest BCUT2D eigenvalue weighted by Crippen LogP contribution is 2.38. The standard InChI is InChI=1S/C14H20N2O4/c17-12-4-2-9-6-16(7-11(9)12)14(20)15-10-3-1-8(5-10)13(18)19/h1,3,8-12,17H,2,4-7H2,(H,15,20)(H,18,19). The number of aliphatic hydroxyl groups is 1. The van der Waals surface area contributed by atoms with Crippen LogP contribution in [0.4, 0.5) is 4.79 Å². The molecule has 5 atom stereocenters. The molecule has 6 heteroatoms. The van der Waals surface area contributed by atoms with Crippen LogP contribution in [-0.4, -0.2) is 52.3 Å². The maximum atomic E-state index is 12.2. The molecule has 2 amide bonds. The van der Waals surface area contributed by atoms with Crippen molar-refractivity contribution in [3.63, 3.8) is 0 Å². The van der Waals surface area contributed by atoms with Gasteiger partial charge in [0.05, 0.1) is 18.1 Å². The van der Waals surface area contributed by atoms with Crippen LogP contribution >= 0.6 is 0 Å². The molecular formula is C14H20N2O4. The normalized spacial score (nSPS) is 39.0. The summed E-state index contributed by atoms with van der Waals surface area (Å²) in [6, 6.07) is -0.346. The van der Waals surface area contributed by atoms with Gasteiger partial charge in [0.15, 0.2) is 0 Å². The lowest BCUT2D eigenvalue weighted by Gasteiger charge is -2.21. The molecule has 2 aliphatic carbocycles. The van der Waals surface area contributed by atoms with Crippen LogP contribution in [0.5, 0.6) is 0 Å². The average Bonchev–Trinajstić information content (AvgIpc) is 3.07. The number of hydrogen-bond donors (Lipinski definition) is 3. The SMILES string of the molecule is O=C(O)C1C=CC(NC(=O)N2CC3CCC(O)C3C2)C1. The van der Waals surface area contributed by atoms with Crippen molar-refractivity contribution < 1.29 is 19.8 Å². The first-order valence-corrected chi connectivity index (χ1v) is 7.19. The highest BCUT2D eigenvalue weighted by molar-refractivity contribution is 5.76. The second-order valence-corrected chi connectivity index (χ2v) is 6.09. The molecular weight excluding hydrogens is 260 g/mol. The summed E-state index contributed by atoms with van der Waals surface area (Å²) in [5, 5.41) is 21.6. The first-order valence-electron chi connectivity index (χ1n) is 7.19. The maximum Gasteiger partial charge on any atom is 0.317 e. The number of carbonyl (C=O) groups is 2. The molecule has 1 saturated carbocycles. The summed E-state index contributed by atoms with van der Waals surface area (Å²) in [5.74, 6) is -0.717. The van der Waals surface area contributed by atoms with E-state index in [1.807, 2.05) is 0 Å². The van der Waals surface area contributed by atoms with Gasteiger partial charge in [-0.1, -0.05) is 12.2 Å². The van der Waals surface area contributed by atoms with E-state index in [1.165, 1.54) is 0 Å². The fourth-order valence-corrected chi connectivity index (χ4v) is 3.64. The van der Waals surface area contributed by atoms with E-state index in [0.717, 1.165) is 12.8 Å². The molecule has 3 N–H and O–H groups in total. The number of rotatable bonds is 2. The zero-order valence-corrected chi connectivity index (χ0v) is 11.2. The van der Waals surface area contributed by atoms with Gasteiger partial charge < -0.3 is 20.4 Å². The van der Waals surface area contributed by atoms with E-state index in [0.29, 0.717) is 25.4 Å². The highest BCUT2D eigenvalue weighted by Gasteiger charge is 2.43. The largest absolute Gasteiger partial charge is 0.481 e. The van der Waals surface area contributed by atoms with Gasteiger partial charge in [-0.2, -0.15) is 0 Å². The summed E-state index contributed by atoms with van der Waals surface area (Å²) >= 11 is 0. The van der Waals surface area contributed by atoms with E-state index in [9.17, 15) is 14.7 Å². The van der Waals surface area contributed by atoms with Gasteiger partial charge in [0.1, 0.15) is 0 Å². The fraction of sp³-hybridized carbons (Fsp3) is 0.714. The van der Waals surface area contributed by atoms with Gasteiger partial charge in [0.2, 0.25) is 0 Å². The summed E-state index contributed by atoms with van der Waals surface area (Å²) in [6.07, 6.45) is 5.36. The van der Waals surface area contributed by atoms with E-state index in [4.69, 9.17) is 5.11 Å². The van der Waals surface area contributed by atoms with Gasteiger partial charge in [-0.25, -0.2) is 4.79 Å². The topological polar surface area (TPSA) is 89.9 Å². The second kappa shape index (κ2) is 5.09. The van der Waals surface area contributed by atoms with Gasteiger partial charge in [0, 0.05) is 19.0 Å². The van der Waals surface area contributed by atoms with Crippen LogP contribution in [0.2, 0.25) is 0 Å². The van der Waals surface area contributed by atoms with Crippen LogP contribution in [0.1, 0.15) is 19.3 Å². The molecule has 2 fully saturated rings. The van der Waals surface area contributed by atoms with Gasteiger partial charge in [-0.3, -0.25) is 4.79 Å². The van der Waals surface area contributed by atoms with Crippen LogP contribution in [0, 0.1) is 17.8 Å². The van der Waals surface area contributed by atoms with E-state index >= 15 is 0 Å². The number of nitrogens with one attached hydrogen (secondary N) is 1. The summed E-state index contributed by atoms with van der Waals surface area (Å²) in [7, 11) is 0. The molecule has 5 unspecified atom stereocenters. The Morgan fingerprint density at radius 1 is 1.20 bits per heavy atom. The highest BCUT2D eigenvalue weighted by atomic mass is 16.4. The summed E-state index contributed by atoms with van der Waals surface area (Å²) in [5.41, 5.74) is 0. The molecule has 1 heterocycles. The monoisotopic (exact) mass is 280 g/mol. The quantitative estimate of drug-likeness (QED) is 0.640. The first kappa shape index (κ1) is 13.4. The van der Waals surface area contributed by atoms with Crippen molar-refractivity contribution in [1.29, 1.82) is 0 Å². The maximum absolute atomic E-state index is 12.2. The molecule has 0 spiro atoms. The van der Waals surface area contributed by atoms with Gasteiger partial charge in [-0.15, -0.1) is 0 Å². The zero-order valence-electron chi connectivity index (χ0n) is 11.2. The molecule has 1 saturated heterocycles. The molecule has 0 aromatic heterocycles. The third-order valence-corrected chi connectivity index (χ3v) is 4.82. The molecule has 3 rings (SSSR count). The third kappa shape index (κ3) is 2.40. The summed E-state index contributed by atoms with van der Waals surface area (Å²) < 4.78 is 0. The van der Waals surface area contributed by atoms with Crippen LogP contribution in [0.25, 0.3) is 0 Å². The fourth-order valence-electron chi connectivity index (χ4n) is 3.64. The molecule has 0 aromatic carbocycles. The smallest absolute Gasteiger partial charge is 0.317 e. The van der Waals surface area contributed by atoms with Crippen molar-refractivity contribution in [1.82, 2.24) is 10.2 Å². The van der Waals surface area contributed by atoms with E-state index in [2.05, 4.69) is 5.32 Å². The minimum atomic E-state index is -0.850. The number of urea groups is 1. The van der Waals surface area contributed by atoms with E-state index in [1.54, 1.807) is 17.1 Å².